The maximum absolute atomic E-state index is 11.2. The zero-order chi connectivity index (χ0) is 13.7. The smallest absolute Gasteiger partial charge is 0.407 e. The minimum atomic E-state index is -0.419. The molecule has 0 unspecified atom stereocenters. The number of amides is 2. The number of nitrogens with one attached hydrogen (secondary N) is 2. The van der Waals surface area contributed by atoms with Gasteiger partial charge < -0.3 is 20.1 Å². The van der Waals surface area contributed by atoms with Gasteiger partial charge in [0.05, 0.1) is 12.3 Å². The van der Waals surface area contributed by atoms with Crippen LogP contribution in [0.4, 0.5) is 10.5 Å². The number of benzene rings is 1. The Morgan fingerprint density at radius 1 is 1.53 bits per heavy atom. The Morgan fingerprint density at radius 2 is 2.37 bits per heavy atom. The van der Waals surface area contributed by atoms with Crippen LogP contribution in [0.2, 0.25) is 0 Å². The van der Waals surface area contributed by atoms with E-state index in [2.05, 4.69) is 10.6 Å². The van der Waals surface area contributed by atoms with E-state index < -0.39 is 6.09 Å². The van der Waals surface area contributed by atoms with Gasteiger partial charge in [0.25, 0.3) is 5.91 Å². The van der Waals surface area contributed by atoms with Crippen LogP contribution in [-0.4, -0.2) is 31.8 Å². The van der Waals surface area contributed by atoms with Gasteiger partial charge in [0.1, 0.15) is 5.75 Å². The predicted molar refractivity (Wildman–Crippen MR) is 69.3 cm³/mol. The fraction of sp³-hybridized carbons (Fsp3) is 0.385. The normalized spacial score (nSPS) is 13.0. The Balaban J connectivity index is 1.89. The van der Waals surface area contributed by atoms with Crippen molar-refractivity contribution < 1.29 is 19.1 Å². The summed E-state index contributed by atoms with van der Waals surface area (Å²) in [5.74, 6) is 0.510. The number of hydrogen-bond donors (Lipinski definition) is 2. The summed E-state index contributed by atoms with van der Waals surface area (Å²) in [5, 5.41) is 5.38. The number of ether oxygens (including phenoxy) is 2. The fourth-order valence-corrected chi connectivity index (χ4v) is 1.78. The summed E-state index contributed by atoms with van der Waals surface area (Å²) in [5.41, 5.74) is 1.67. The van der Waals surface area contributed by atoms with Crippen LogP contribution >= 0.6 is 0 Å². The average molecular weight is 264 g/mol. The molecule has 6 heteroatoms. The van der Waals surface area contributed by atoms with Crippen LogP contribution in [0.15, 0.2) is 18.2 Å². The van der Waals surface area contributed by atoms with Crippen molar-refractivity contribution in [2.75, 3.05) is 25.1 Å². The van der Waals surface area contributed by atoms with E-state index in [-0.39, 0.29) is 12.5 Å². The first-order chi connectivity index (χ1) is 9.19. The van der Waals surface area contributed by atoms with E-state index in [0.717, 1.165) is 5.56 Å². The average Bonchev–Trinajstić information content (AvgIpc) is 2.38. The summed E-state index contributed by atoms with van der Waals surface area (Å²) in [6.07, 6.45) is 0.235. The van der Waals surface area contributed by atoms with E-state index in [4.69, 9.17) is 9.47 Å². The second-order valence-electron chi connectivity index (χ2n) is 4.06. The quantitative estimate of drug-likeness (QED) is 0.859. The van der Waals surface area contributed by atoms with E-state index >= 15 is 0 Å². The highest BCUT2D eigenvalue weighted by molar-refractivity contribution is 5.95. The summed E-state index contributed by atoms with van der Waals surface area (Å²) < 4.78 is 10.0. The van der Waals surface area contributed by atoms with Crippen molar-refractivity contribution in [2.24, 2.45) is 0 Å². The van der Waals surface area contributed by atoms with Crippen molar-refractivity contribution >= 4 is 17.7 Å². The lowest BCUT2D eigenvalue weighted by atomic mass is 10.1. The minimum Gasteiger partial charge on any atom is -0.482 e. The Bertz CT molecular complexity index is 488. The van der Waals surface area contributed by atoms with E-state index in [9.17, 15) is 9.59 Å². The van der Waals surface area contributed by atoms with Gasteiger partial charge in [0, 0.05) is 6.54 Å². The van der Waals surface area contributed by atoms with Crippen molar-refractivity contribution in [1.82, 2.24) is 5.32 Å². The van der Waals surface area contributed by atoms with E-state index in [1.54, 1.807) is 6.92 Å². The third-order valence-corrected chi connectivity index (χ3v) is 2.64. The second kappa shape index (κ2) is 6.08. The molecule has 0 bridgehead atoms. The number of carbonyl (C=O) groups is 2. The van der Waals surface area contributed by atoms with Gasteiger partial charge in [-0.2, -0.15) is 0 Å². The molecule has 0 saturated heterocycles. The highest BCUT2D eigenvalue weighted by atomic mass is 16.5. The molecule has 0 saturated carbocycles. The zero-order valence-electron chi connectivity index (χ0n) is 10.7. The number of alkyl carbamates (subject to hydrolysis) is 1. The molecule has 1 aliphatic rings. The predicted octanol–water partition coefficient (Wildman–Crippen LogP) is 1.31. The Hall–Kier alpha value is -2.24. The molecule has 102 valence electrons. The lowest BCUT2D eigenvalue weighted by Gasteiger charge is -2.18. The lowest BCUT2D eigenvalue weighted by Crippen LogP contribution is -2.27. The molecule has 0 aliphatic carbocycles. The monoisotopic (exact) mass is 264 g/mol. The molecule has 0 fully saturated rings. The third kappa shape index (κ3) is 3.61. The van der Waals surface area contributed by atoms with Crippen molar-refractivity contribution in [1.29, 1.82) is 0 Å². The third-order valence-electron chi connectivity index (χ3n) is 2.64. The molecule has 0 atom stereocenters. The second-order valence-corrected chi connectivity index (χ2v) is 4.06. The molecule has 1 aromatic carbocycles. The van der Waals surface area contributed by atoms with Crippen LogP contribution in [0.5, 0.6) is 5.75 Å². The maximum Gasteiger partial charge on any atom is 0.407 e. The summed E-state index contributed by atoms with van der Waals surface area (Å²) in [4.78, 5) is 22.3. The van der Waals surface area contributed by atoms with Gasteiger partial charge in [-0.3, -0.25) is 4.79 Å². The summed E-state index contributed by atoms with van der Waals surface area (Å²) in [6, 6.07) is 5.57. The number of rotatable bonds is 4. The summed E-state index contributed by atoms with van der Waals surface area (Å²) >= 11 is 0. The van der Waals surface area contributed by atoms with Gasteiger partial charge in [-0.25, -0.2) is 4.79 Å². The molecule has 2 amide bonds. The van der Waals surface area contributed by atoms with Gasteiger partial charge in [0.2, 0.25) is 0 Å². The molecular weight excluding hydrogens is 248 g/mol. The zero-order valence-corrected chi connectivity index (χ0v) is 10.7. The first-order valence-corrected chi connectivity index (χ1v) is 6.15. The van der Waals surface area contributed by atoms with Crippen LogP contribution in [0.3, 0.4) is 0 Å². The number of anilines is 1. The molecular formula is C13H16N2O4. The van der Waals surface area contributed by atoms with Crippen molar-refractivity contribution in [3.63, 3.8) is 0 Å². The molecule has 0 radical (unpaired) electrons. The minimum absolute atomic E-state index is 0.0523. The standard InChI is InChI=1S/C13H16N2O4/c1-2-18-13(17)14-6-5-9-3-4-11-10(7-9)15-12(16)8-19-11/h3-4,7H,2,5-6,8H2,1H3,(H,14,17)(H,15,16). The van der Waals surface area contributed by atoms with Gasteiger partial charge in [-0.15, -0.1) is 0 Å². The molecule has 19 heavy (non-hydrogen) atoms. The highest BCUT2D eigenvalue weighted by Crippen LogP contribution is 2.28. The number of fused-ring (bicyclic) bond motifs is 1. The van der Waals surface area contributed by atoms with Gasteiger partial charge in [-0.1, -0.05) is 6.07 Å². The SMILES string of the molecule is CCOC(=O)NCCc1ccc2c(c1)NC(=O)CO2. The number of carbonyl (C=O) groups excluding carboxylic acids is 2. The van der Waals surface area contributed by atoms with Crippen molar-refractivity contribution in [3.05, 3.63) is 23.8 Å². The van der Waals surface area contributed by atoms with E-state index in [0.29, 0.717) is 31.0 Å². The largest absolute Gasteiger partial charge is 0.482 e. The number of hydrogen-bond acceptors (Lipinski definition) is 4. The molecule has 2 rings (SSSR count). The summed E-state index contributed by atoms with van der Waals surface area (Å²) in [7, 11) is 0. The Morgan fingerprint density at radius 3 is 3.16 bits per heavy atom. The summed E-state index contributed by atoms with van der Waals surface area (Å²) in [6.45, 7) is 2.64. The van der Waals surface area contributed by atoms with E-state index in [1.165, 1.54) is 0 Å². The first-order valence-electron chi connectivity index (χ1n) is 6.15. The Labute approximate surface area is 111 Å². The van der Waals surface area contributed by atoms with Crippen molar-refractivity contribution in [2.45, 2.75) is 13.3 Å². The molecule has 0 spiro atoms. The fourth-order valence-electron chi connectivity index (χ4n) is 1.78. The molecule has 6 nitrogen and oxygen atoms in total. The Kier molecular flexibility index (Phi) is 4.22. The maximum atomic E-state index is 11.2. The molecule has 1 aliphatic heterocycles. The van der Waals surface area contributed by atoms with Crippen LogP contribution in [0.25, 0.3) is 0 Å². The van der Waals surface area contributed by atoms with Gasteiger partial charge in [-0.05, 0) is 31.0 Å². The molecule has 0 aromatic heterocycles. The van der Waals surface area contributed by atoms with Crippen molar-refractivity contribution in [3.8, 4) is 5.75 Å². The lowest BCUT2D eigenvalue weighted by molar-refractivity contribution is -0.118. The first kappa shape index (κ1) is 13.2. The molecule has 1 aromatic rings. The molecule has 2 N–H and O–H groups in total. The highest BCUT2D eigenvalue weighted by Gasteiger charge is 2.15. The molecule has 1 heterocycles. The van der Waals surface area contributed by atoms with Gasteiger partial charge >= 0.3 is 6.09 Å². The van der Waals surface area contributed by atoms with Crippen LogP contribution in [0.1, 0.15) is 12.5 Å². The van der Waals surface area contributed by atoms with Gasteiger partial charge in [0.15, 0.2) is 6.61 Å². The van der Waals surface area contributed by atoms with Crippen LogP contribution in [-0.2, 0) is 16.0 Å². The topological polar surface area (TPSA) is 76.7 Å². The van der Waals surface area contributed by atoms with Crippen LogP contribution in [0, 0.1) is 0 Å². The van der Waals surface area contributed by atoms with Crippen LogP contribution < -0.4 is 15.4 Å². The van der Waals surface area contributed by atoms with E-state index in [1.807, 2.05) is 18.2 Å².